The largest absolute Gasteiger partial charge is 0.381 e. The van der Waals surface area contributed by atoms with Crippen LogP contribution in [0.1, 0.15) is 42.5 Å². The zero-order valence-corrected chi connectivity index (χ0v) is 12.8. The molecule has 2 aliphatic rings. The normalized spacial score (nSPS) is 21.4. The molecule has 1 aliphatic heterocycles. The second-order valence-corrected chi connectivity index (χ2v) is 6.15. The Kier molecular flexibility index (Phi) is 3.63. The minimum Gasteiger partial charge on any atom is -0.381 e. The molecule has 22 heavy (non-hydrogen) atoms. The van der Waals surface area contributed by atoms with Gasteiger partial charge in [0, 0.05) is 24.3 Å². The van der Waals surface area contributed by atoms with Crippen molar-refractivity contribution in [1.82, 2.24) is 25.1 Å². The van der Waals surface area contributed by atoms with E-state index in [1.165, 1.54) is 12.8 Å². The van der Waals surface area contributed by atoms with Crippen molar-refractivity contribution in [3.05, 3.63) is 35.5 Å². The molecule has 2 aromatic heterocycles. The topological polar surface area (TPSA) is 64.9 Å². The van der Waals surface area contributed by atoms with Gasteiger partial charge in [0.05, 0.1) is 13.2 Å². The van der Waals surface area contributed by atoms with Gasteiger partial charge in [0.1, 0.15) is 5.82 Å². The zero-order valence-electron chi connectivity index (χ0n) is 12.8. The van der Waals surface area contributed by atoms with Crippen LogP contribution < -0.4 is 5.32 Å². The molecule has 6 heteroatoms. The van der Waals surface area contributed by atoms with Gasteiger partial charge in [-0.3, -0.25) is 0 Å². The predicted molar refractivity (Wildman–Crippen MR) is 81.9 cm³/mol. The van der Waals surface area contributed by atoms with Crippen LogP contribution >= 0.6 is 0 Å². The van der Waals surface area contributed by atoms with Crippen LogP contribution in [0.5, 0.6) is 0 Å². The number of nitrogens with zero attached hydrogens (tertiary/aromatic N) is 4. The van der Waals surface area contributed by atoms with Crippen LogP contribution in [-0.2, 0) is 11.3 Å². The Morgan fingerprint density at radius 2 is 2.18 bits per heavy atom. The Labute approximate surface area is 129 Å². The van der Waals surface area contributed by atoms with Crippen molar-refractivity contribution in [2.24, 2.45) is 0 Å². The van der Waals surface area contributed by atoms with E-state index in [0.717, 1.165) is 49.3 Å². The van der Waals surface area contributed by atoms with Crippen molar-refractivity contribution < 1.29 is 4.74 Å². The average molecular weight is 299 g/mol. The monoisotopic (exact) mass is 299 g/mol. The van der Waals surface area contributed by atoms with Gasteiger partial charge in [-0.05, 0) is 38.3 Å². The smallest absolute Gasteiger partial charge is 0.156 e. The lowest BCUT2D eigenvalue weighted by Gasteiger charge is -2.06. The van der Waals surface area contributed by atoms with Crippen molar-refractivity contribution in [3.63, 3.8) is 0 Å². The van der Waals surface area contributed by atoms with Crippen LogP contribution in [0.25, 0.3) is 5.82 Å². The number of aryl methyl sites for hydroxylation is 1. The number of rotatable bonds is 5. The minimum absolute atomic E-state index is 0.311. The standard InChI is InChI=1S/C16H21N5O/c1-11-3-2-4-14(18-11)21-15(9-17-13-5-6-13)19-16(20-21)12-7-8-22-10-12/h2-4,12-13,17H,5-10H2,1H3/t12-/m1/s1. The molecule has 6 nitrogen and oxygen atoms in total. The first-order valence-electron chi connectivity index (χ1n) is 8.00. The lowest BCUT2D eigenvalue weighted by atomic mass is 10.1. The number of hydrogen-bond donors (Lipinski definition) is 1. The van der Waals surface area contributed by atoms with Crippen LogP contribution in [-0.4, -0.2) is 39.0 Å². The van der Waals surface area contributed by atoms with Gasteiger partial charge >= 0.3 is 0 Å². The Hall–Kier alpha value is -1.79. The molecule has 1 saturated carbocycles. The van der Waals surface area contributed by atoms with E-state index in [1.54, 1.807) is 0 Å². The molecule has 0 amide bonds. The lowest BCUT2D eigenvalue weighted by Crippen LogP contribution is -2.19. The van der Waals surface area contributed by atoms with Crippen molar-refractivity contribution in [2.75, 3.05) is 13.2 Å². The van der Waals surface area contributed by atoms with Crippen LogP contribution in [0.15, 0.2) is 18.2 Å². The van der Waals surface area contributed by atoms with E-state index in [9.17, 15) is 0 Å². The van der Waals surface area contributed by atoms with Gasteiger partial charge in [0.2, 0.25) is 0 Å². The molecule has 2 fully saturated rings. The Morgan fingerprint density at radius 3 is 2.91 bits per heavy atom. The summed E-state index contributed by atoms with van der Waals surface area (Å²) in [6.07, 6.45) is 3.53. The SMILES string of the molecule is Cc1cccc(-n2nc([C@@H]3CCOC3)nc2CNC2CC2)n1. The summed E-state index contributed by atoms with van der Waals surface area (Å²) in [5.74, 6) is 2.97. The van der Waals surface area contributed by atoms with E-state index in [1.807, 2.05) is 29.8 Å². The maximum absolute atomic E-state index is 5.47. The van der Waals surface area contributed by atoms with E-state index < -0.39 is 0 Å². The summed E-state index contributed by atoms with van der Waals surface area (Å²) in [7, 11) is 0. The number of pyridine rings is 1. The fraction of sp³-hybridized carbons (Fsp3) is 0.562. The summed E-state index contributed by atoms with van der Waals surface area (Å²) in [6, 6.07) is 6.63. The quantitative estimate of drug-likeness (QED) is 0.911. The third-order valence-corrected chi connectivity index (χ3v) is 4.20. The maximum Gasteiger partial charge on any atom is 0.156 e. The fourth-order valence-corrected chi connectivity index (χ4v) is 2.74. The highest BCUT2D eigenvalue weighted by Gasteiger charge is 2.26. The third-order valence-electron chi connectivity index (χ3n) is 4.20. The van der Waals surface area contributed by atoms with Crippen LogP contribution in [0.4, 0.5) is 0 Å². The van der Waals surface area contributed by atoms with Gasteiger partial charge in [-0.25, -0.2) is 9.97 Å². The molecule has 0 aromatic carbocycles. The first-order chi connectivity index (χ1) is 10.8. The molecule has 0 bridgehead atoms. The summed E-state index contributed by atoms with van der Waals surface area (Å²) in [6.45, 7) is 4.26. The van der Waals surface area contributed by atoms with Gasteiger partial charge in [-0.2, -0.15) is 4.68 Å². The van der Waals surface area contributed by atoms with Gasteiger partial charge in [-0.1, -0.05) is 6.07 Å². The molecule has 2 aromatic rings. The number of nitrogens with one attached hydrogen (secondary N) is 1. The molecular weight excluding hydrogens is 278 g/mol. The summed E-state index contributed by atoms with van der Waals surface area (Å²) in [4.78, 5) is 9.36. The predicted octanol–water partition coefficient (Wildman–Crippen LogP) is 1.73. The van der Waals surface area contributed by atoms with E-state index in [0.29, 0.717) is 12.0 Å². The van der Waals surface area contributed by atoms with Crippen molar-refractivity contribution in [1.29, 1.82) is 0 Å². The van der Waals surface area contributed by atoms with E-state index in [-0.39, 0.29) is 0 Å². The zero-order chi connectivity index (χ0) is 14.9. The summed E-state index contributed by atoms with van der Waals surface area (Å²) >= 11 is 0. The number of ether oxygens (including phenoxy) is 1. The minimum atomic E-state index is 0.311. The van der Waals surface area contributed by atoms with E-state index in [2.05, 4.69) is 10.3 Å². The van der Waals surface area contributed by atoms with Crippen LogP contribution in [0, 0.1) is 6.92 Å². The Bertz CT molecular complexity index is 658. The highest BCUT2D eigenvalue weighted by Crippen LogP contribution is 2.24. The van der Waals surface area contributed by atoms with Gasteiger partial charge < -0.3 is 10.1 Å². The number of hydrogen-bond acceptors (Lipinski definition) is 5. The first-order valence-corrected chi connectivity index (χ1v) is 8.00. The molecule has 0 unspecified atom stereocenters. The lowest BCUT2D eigenvalue weighted by molar-refractivity contribution is 0.193. The Balaban J connectivity index is 1.66. The van der Waals surface area contributed by atoms with Gasteiger partial charge in [0.25, 0.3) is 0 Å². The van der Waals surface area contributed by atoms with Crippen molar-refractivity contribution in [3.8, 4) is 5.82 Å². The molecular formula is C16H21N5O. The molecule has 4 rings (SSSR count). The number of aromatic nitrogens is 4. The molecule has 0 spiro atoms. The summed E-state index contributed by atoms with van der Waals surface area (Å²) < 4.78 is 7.36. The first kappa shape index (κ1) is 13.8. The molecule has 1 saturated heterocycles. The molecule has 116 valence electrons. The Morgan fingerprint density at radius 1 is 1.27 bits per heavy atom. The van der Waals surface area contributed by atoms with Gasteiger partial charge in [-0.15, -0.1) is 5.10 Å². The molecule has 1 N–H and O–H groups in total. The molecule has 0 radical (unpaired) electrons. The van der Waals surface area contributed by atoms with Crippen LogP contribution in [0.2, 0.25) is 0 Å². The van der Waals surface area contributed by atoms with Crippen LogP contribution in [0.3, 0.4) is 0 Å². The average Bonchev–Trinajstić information content (AvgIpc) is 3.02. The molecule has 3 heterocycles. The molecule has 1 aliphatic carbocycles. The third kappa shape index (κ3) is 2.89. The van der Waals surface area contributed by atoms with Gasteiger partial charge in [0.15, 0.2) is 11.6 Å². The second kappa shape index (κ2) is 5.78. The summed E-state index contributed by atoms with van der Waals surface area (Å²) in [5.41, 5.74) is 0.986. The molecule has 1 atom stereocenters. The van der Waals surface area contributed by atoms with Crippen molar-refractivity contribution in [2.45, 2.75) is 44.7 Å². The van der Waals surface area contributed by atoms with Crippen molar-refractivity contribution >= 4 is 0 Å². The second-order valence-electron chi connectivity index (χ2n) is 6.15. The summed E-state index contributed by atoms with van der Waals surface area (Å²) in [5, 5.41) is 8.24. The highest BCUT2D eigenvalue weighted by atomic mass is 16.5. The fourth-order valence-electron chi connectivity index (χ4n) is 2.74. The van der Waals surface area contributed by atoms with E-state index >= 15 is 0 Å². The maximum atomic E-state index is 5.47. The van der Waals surface area contributed by atoms with E-state index in [4.69, 9.17) is 14.8 Å². The highest BCUT2D eigenvalue weighted by molar-refractivity contribution is 5.25.